The van der Waals surface area contributed by atoms with Crippen LogP contribution in [-0.2, 0) is 11.3 Å². The van der Waals surface area contributed by atoms with Crippen molar-refractivity contribution in [2.75, 3.05) is 18.2 Å². The molecule has 0 aliphatic heterocycles. The second-order valence-electron chi connectivity index (χ2n) is 7.40. The number of rotatable bonds is 8. The highest BCUT2D eigenvalue weighted by molar-refractivity contribution is 7.99. The van der Waals surface area contributed by atoms with Gasteiger partial charge in [0.15, 0.2) is 11.0 Å². The first-order valence-electron chi connectivity index (χ1n) is 10.3. The molecule has 0 unspecified atom stereocenters. The van der Waals surface area contributed by atoms with Gasteiger partial charge in [0, 0.05) is 5.56 Å². The maximum atomic E-state index is 12.7. The van der Waals surface area contributed by atoms with Crippen LogP contribution in [0, 0.1) is 6.92 Å². The van der Waals surface area contributed by atoms with E-state index in [-0.39, 0.29) is 11.7 Å². The number of nitrogens with one attached hydrogen (secondary N) is 1. The molecule has 4 rings (SSSR count). The average Bonchev–Trinajstić information content (AvgIpc) is 3.21. The predicted octanol–water partition coefficient (Wildman–Crippen LogP) is 5.69. The third-order valence-corrected chi connectivity index (χ3v) is 6.27. The second-order valence-corrected chi connectivity index (χ2v) is 8.75. The Morgan fingerprint density at radius 2 is 1.82 bits per heavy atom. The summed E-state index contributed by atoms with van der Waals surface area (Å²) in [5, 5.41) is 12.9. The molecule has 0 saturated carbocycles. The van der Waals surface area contributed by atoms with Crippen LogP contribution in [0.25, 0.3) is 11.4 Å². The maximum Gasteiger partial charge on any atom is 0.234 e. The number of hydrogen-bond acceptors (Lipinski definition) is 5. The molecule has 4 aromatic rings. The van der Waals surface area contributed by atoms with E-state index >= 15 is 0 Å². The van der Waals surface area contributed by atoms with Crippen LogP contribution in [0.1, 0.15) is 11.1 Å². The van der Waals surface area contributed by atoms with Gasteiger partial charge in [-0.15, -0.1) is 10.2 Å². The van der Waals surface area contributed by atoms with Gasteiger partial charge in [0.25, 0.3) is 0 Å². The fraction of sp³-hybridized carbons (Fsp3) is 0.160. The minimum atomic E-state index is -0.155. The van der Waals surface area contributed by atoms with Crippen molar-refractivity contribution >= 4 is 35.0 Å². The summed E-state index contributed by atoms with van der Waals surface area (Å²) in [4.78, 5) is 12.7. The molecule has 3 aromatic carbocycles. The molecule has 0 saturated heterocycles. The van der Waals surface area contributed by atoms with E-state index in [1.165, 1.54) is 11.8 Å². The number of halogens is 1. The zero-order chi connectivity index (χ0) is 23.2. The van der Waals surface area contributed by atoms with Crippen LogP contribution in [0.5, 0.6) is 5.75 Å². The van der Waals surface area contributed by atoms with Gasteiger partial charge in [0.2, 0.25) is 5.91 Å². The Morgan fingerprint density at radius 1 is 1.06 bits per heavy atom. The Hall–Kier alpha value is -3.29. The number of thioether (sulfide) groups is 1. The lowest BCUT2D eigenvalue weighted by Gasteiger charge is -2.12. The number of hydrogen-bond donors (Lipinski definition) is 1. The van der Waals surface area contributed by atoms with Gasteiger partial charge in [0.1, 0.15) is 5.75 Å². The van der Waals surface area contributed by atoms with E-state index in [0.29, 0.717) is 34.0 Å². The number of ether oxygens (including phenoxy) is 1. The Balaban J connectivity index is 1.57. The first-order chi connectivity index (χ1) is 16.0. The highest BCUT2D eigenvalue weighted by Gasteiger charge is 2.18. The number of methoxy groups -OCH3 is 1. The number of aryl methyl sites for hydroxylation is 1. The Morgan fingerprint density at radius 3 is 2.58 bits per heavy atom. The lowest BCUT2D eigenvalue weighted by molar-refractivity contribution is -0.113. The fourth-order valence-corrected chi connectivity index (χ4v) is 4.34. The Kier molecular flexibility index (Phi) is 7.32. The molecule has 1 heterocycles. The van der Waals surface area contributed by atoms with Crippen molar-refractivity contribution in [1.82, 2.24) is 14.8 Å². The Bertz CT molecular complexity index is 1260. The van der Waals surface area contributed by atoms with Gasteiger partial charge in [-0.25, -0.2) is 0 Å². The second kappa shape index (κ2) is 10.6. The average molecular weight is 479 g/mol. The number of carbonyl (C=O) groups excluding carboxylic acids is 1. The smallest absolute Gasteiger partial charge is 0.234 e. The summed E-state index contributed by atoms with van der Waals surface area (Å²) in [6, 6.07) is 23.2. The molecule has 0 bridgehead atoms. The molecule has 0 aliphatic rings. The molecule has 1 aromatic heterocycles. The number of anilines is 1. The molecule has 0 aliphatic carbocycles. The molecule has 168 valence electrons. The number of benzene rings is 3. The lowest BCUT2D eigenvalue weighted by Crippen LogP contribution is -2.15. The van der Waals surface area contributed by atoms with E-state index in [1.807, 2.05) is 84.3 Å². The van der Waals surface area contributed by atoms with Gasteiger partial charge >= 0.3 is 0 Å². The van der Waals surface area contributed by atoms with E-state index in [4.69, 9.17) is 16.3 Å². The third-order valence-electron chi connectivity index (χ3n) is 4.98. The van der Waals surface area contributed by atoms with Gasteiger partial charge in [-0.05, 0) is 42.3 Å². The molecule has 1 amide bonds. The van der Waals surface area contributed by atoms with Crippen molar-refractivity contribution in [3.8, 4) is 17.1 Å². The molecule has 0 radical (unpaired) electrons. The van der Waals surface area contributed by atoms with Gasteiger partial charge in [-0.1, -0.05) is 71.9 Å². The highest BCUT2D eigenvalue weighted by atomic mass is 35.5. The van der Waals surface area contributed by atoms with E-state index in [2.05, 4.69) is 15.5 Å². The van der Waals surface area contributed by atoms with E-state index in [9.17, 15) is 4.79 Å². The van der Waals surface area contributed by atoms with Gasteiger partial charge in [-0.2, -0.15) is 0 Å². The van der Waals surface area contributed by atoms with Crippen molar-refractivity contribution in [1.29, 1.82) is 0 Å². The van der Waals surface area contributed by atoms with Crippen LogP contribution in [0.15, 0.2) is 78.0 Å². The number of carbonyl (C=O) groups is 1. The van der Waals surface area contributed by atoms with Crippen molar-refractivity contribution < 1.29 is 9.53 Å². The van der Waals surface area contributed by atoms with Crippen LogP contribution >= 0.6 is 23.4 Å². The first-order valence-corrected chi connectivity index (χ1v) is 11.7. The standard InChI is InChI=1S/C25H23ClN4O2S/c1-17-12-13-22(32-2)21(14-17)27-23(31)16-33-25-29-28-24(19-10-6-7-11-20(19)26)30(25)15-18-8-4-3-5-9-18/h3-14H,15-16H2,1-2H3,(H,27,31). The SMILES string of the molecule is COc1ccc(C)cc1NC(=O)CSc1nnc(-c2ccccc2Cl)n1Cc1ccccc1. The number of nitrogens with zero attached hydrogens (tertiary/aromatic N) is 3. The predicted molar refractivity (Wildman–Crippen MR) is 133 cm³/mol. The molecule has 6 nitrogen and oxygen atoms in total. The normalized spacial score (nSPS) is 10.8. The summed E-state index contributed by atoms with van der Waals surface area (Å²) >= 11 is 7.76. The molecular weight excluding hydrogens is 456 g/mol. The highest BCUT2D eigenvalue weighted by Crippen LogP contribution is 2.30. The molecule has 33 heavy (non-hydrogen) atoms. The van der Waals surface area contributed by atoms with Crippen molar-refractivity contribution in [3.05, 3.63) is 88.9 Å². The fourth-order valence-electron chi connectivity index (χ4n) is 3.38. The van der Waals surface area contributed by atoms with Gasteiger partial charge in [-0.3, -0.25) is 9.36 Å². The zero-order valence-corrected chi connectivity index (χ0v) is 19.9. The quantitative estimate of drug-likeness (QED) is 0.329. The molecule has 8 heteroatoms. The number of amides is 1. The van der Waals surface area contributed by atoms with Gasteiger partial charge < -0.3 is 10.1 Å². The van der Waals surface area contributed by atoms with Crippen molar-refractivity contribution in [2.45, 2.75) is 18.6 Å². The largest absolute Gasteiger partial charge is 0.495 e. The van der Waals surface area contributed by atoms with Crippen LogP contribution in [-0.4, -0.2) is 33.5 Å². The summed E-state index contributed by atoms with van der Waals surface area (Å²) in [5.41, 5.74) is 3.57. The molecular formula is C25H23ClN4O2S. The molecule has 0 fully saturated rings. The van der Waals surface area contributed by atoms with Crippen LogP contribution in [0.4, 0.5) is 5.69 Å². The minimum Gasteiger partial charge on any atom is -0.495 e. The summed E-state index contributed by atoms with van der Waals surface area (Å²) in [6.45, 7) is 2.52. The lowest BCUT2D eigenvalue weighted by atomic mass is 10.2. The molecule has 0 spiro atoms. The summed E-state index contributed by atoms with van der Waals surface area (Å²) in [5.74, 6) is 1.30. The number of aromatic nitrogens is 3. The van der Waals surface area contributed by atoms with Crippen molar-refractivity contribution in [3.63, 3.8) is 0 Å². The summed E-state index contributed by atoms with van der Waals surface area (Å²) in [7, 11) is 1.58. The van der Waals surface area contributed by atoms with Crippen LogP contribution in [0.2, 0.25) is 5.02 Å². The Labute approximate surface area is 202 Å². The zero-order valence-electron chi connectivity index (χ0n) is 18.3. The minimum absolute atomic E-state index is 0.155. The van der Waals surface area contributed by atoms with E-state index in [0.717, 1.165) is 16.7 Å². The third kappa shape index (κ3) is 5.56. The molecule has 0 atom stereocenters. The van der Waals surface area contributed by atoms with E-state index < -0.39 is 0 Å². The van der Waals surface area contributed by atoms with E-state index in [1.54, 1.807) is 7.11 Å². The first kappa shape index (κ1) is 22.9. The maximum absolute atomic E-state index is 12.7. The van der Waals surface area contributed by atoms with Crippen LogP contribution in [0.3, 0.4) is 0 Å². The van der Waals surface area contributed by atoms with Gasteiger partial charge in [0.05, 0.1) is 30.1 Å². The summed E-state index contributed by atoms with van der Waals surface area (Å²) < 4.78 is 7.34. The summed E-state index contributed by atoms with van der Waals surface area (Å²) in [6.07, 6.45) is 0. The monoisotopic (exact) mass is 478 g/mol. The van der Waals surface area contributed by atoms with Crippen molar-refractivity contribution in [2.24, 2.45) is 0 Å². The van der Waals surface area contributed by atoms with Crippen LogP contribution < -0.4 is 10.1 Å². The topological polar surface area (TPSA) is 69.0 Å². The molecule has 1 N–H and O–H groups in total.